The standard InChI is InChI=1S/C10H8ClN3OS/c11-6-1-3-7(4-2-6)16-8-5-13-10(12)14-9(8)15/h1-5H,(H3,12,13,14,15). The summed E-state index contributed by atoms with van der Waals surface area (Å²) in [4.78, 5) is 19.2. The fourth-order valence-electron chi connectivity index (χ4n) is 1.10. The third-order valence-corrected chi connectivity index (χ3v) is 3.10. The highest BCUT2D eigenvalue weighted by Gasteiger charge is 2.03. The smallest absolute Gasteiger partial charge is 0.266 e. The van der Waals surface area contributed by atoms with E-state index in [0.717, 1.165) is 4.90 Å². The number of nitrogens with zero attached hydrogens (tertiary/aromatic N) is 1. The molecule has 1 heterocycles. The molecule has 2 rings (SSSR count). The van der Waals surface area contributed by atoms with E-state index in [9.17, 15) is 4.79 Å². The van der Waals surface area contributed by atoms with Crippen molar-refractivity contribution in [2.24, 2.45) is 0 Å². The fourth-order valence-corrected chi connectivity index (χ4v) is 2.00. The molecule has 0 aliphatic rings. The number of benzene rings is 1. The van der Waals surface area contributed by atoms with Crippen molar-refractivity contribution in [2.45, 2.75) is 9.79 Å². The van der Waals surface area contributed by atoms with Gasteiger partial charge in [-0.3, -0.25) is 9.78 Å². The highest BCUT2D eigenvalue weighted by Crippen LogP contribution is 2.25. The van der Waals surface area contributed by atoms with Crippen molar-refractivity contribution < 1.29 is 0 Å². The minimum absolute atomic E-state index is 0.116. The summed E-state index contributed by atoms with van der Waals surface area (Å²) >= 11 is 7.07. The number of hydrogen-bond donors (Lipinski definition) is 2. The number of anilines is 1. The zero-order valence-electron chi connectivity index (χ0n) is 8.11. The van der Waals surface area contributed by atoms with Crippen LogP contribution in [-0.4, -0.2) is 9.97 Å². The van der Waals surface area contributed by atoms with Crippen molar-refractivity contribution in [3.63, 3.8) is 0 Å². The molecule has 0 aliphatic carbocycles. The molecular formula is C10H8ClN3OS. The molecule has 0 saturated carbocycles. The first-order chi connectivity index (χ1) is 7.65. The Morgan fingerprint density at radius 3 is 2.62 bits per heavy atom. The first-order valence-electron chi connectivity index (χ1n) is 4.43. The third kappa shape index (κ3) is 2.56. The van der Waals surface area contributed by atoms with E-state index in [2.05, 4.69) is 9.97 Å². The van der Waals surface area contributed by atoms with Crippen molar-refractivity contribution in [2.75, 3.05) is 5.73 Å². The third-order valence-electron chi connectivity index (χ3n) is 1.83. The van der Waals surface area contributed by atoms with Crippen LogP contribution in [-0.2, 0) is 0 Å². The molecule has 4 nitrogen and oxygen atoms in total. The largest absolute Gasteiger partial charge is 0.369 e. The first-order valence-corrected chi connectivity index (χ1v) is 5.63. The van der Waals surface area contributed by atoms with Gasteiger partial charge in [-0.1, -0.05) is 23.4 Å². The van der Waals surface area contributed by atoms with Gasteiger partial charge in [0.2, 0.25) is 0 Å². The van der Waals surface area contributed by atoms with Crippen molar-refractivity contribution in [1.82, 2.24) is 9.97 Å². The van der Waals surface area contributed by atoms with E-state index in [1.54, 1.807) is 12.1 Å². The van der Waals surface area contributed by atoms with E-state index in [0.29, 0.717) is 9.92 Å². The molecule has 1 aromatic heterocycles. The van der Waals surface area contributed by atoms with Gasteiger partial charge >= 0.3 is 0 Å². The zero-order chi connectivity index (χ0) is 11.5. The molecule has 6 heteroatoms. The summed E-state index contributed by atoms with van der Waals surface area (Å²) in [5, 5.41) is 0.661. The van der Waals surface area contributed by atoms with Gasteiger partial charge < -0.3 is 5.73 Å². The fraction of sp³-hybridized carbons (Fsp3) is 0. The van der Waals surface area contributed by atoms with Gasteiger partial charge in [-0.25, -0.2) is 4.98 Å². The molecule has 0 unspecified atom stereocenters. The van der Waals surface area contributed by atoms with E-state index in [1.165, 1.54) is 18.0 Å². The Hall–Kier alpha value is -1.46. The molecule has 0 amide bonds. The molecule has 0 saturated heterocycles. The predicted octanol–water partition coefficient (Wildman–Crippen LogP) is 2.16. The number of rotatable bonds is 2. The minimum atomic E-state index is -0.243. The van der Waals surface area contributed by atoms with E-state index < -0.39 is 0 Å². The summed E-state index contributed by atoms with van der Waals surface area (Å²) in [7, 11) is 0. The Labute approximate surface area is 101 Å². The molecule has 0 atom stereocenters. The number of aromatic nitrogens is 2. The molecule has 16 heavy (non-hydrogen) atoms. The van der Waals surface area contributed by atoms with Crippen molar-refractivity contribution in [3.8, 4) is 0 Å². The highest BCUT2D eigenvalue weighted by atomic mass is 35.5. The maximum atomic E-state index is 11.5. The molecule has 3 N–H and O–H groups in total. The van der Waals surface area contributed by atoms with Gasteiger partial charge in [0.05, 0.1) is 11.1 Å². The number of halogens is 1. The lowest BCUT2D eigenvalue weighted by molar-refractivity contribution is 1.06. The molecule has 0 aliphatic heterocycles. The summed E-state index contributed by atoms with van der Waals surface area (Å²) in [6.45, 7) is 0. The first kappa shape index (κ1) is 11.0. The van der Waals surface area contributed by atoms with Crippen LogP contribution in [0.25, 0.3) is 0 Å². The number of aromatic amines is 1. The average molecular weight is 254 g/mol. The Bertz CT molecular complexity index is 553. The van der Waals surface area contributed by atoms with E-state index in [4.69, 9.17) is 17.3 Å². The summed E-state index contributed by atoms with van der Waals surface area (Å²) < 4.78 is 0. The van der Waals surface area contributed by atoms with Crippen LogP contribution in [0.4, 0.5) is 5.95 Å². The zero-order valence-corrected chi connectivity index (χ0v) is 9.68. The Morgan fingerprint density at radius 1 is 1.31 bits per heavy atom. The Balaban J connectivity index is 2.27. The van der Waals surface area contributed by atoms with E-state index >= 15 is 0 Å². The van der Waals surface area contributed by atoms with Crippen LogP contribution in [0.15, 0.2) is 45.0 Å². The Morgan fingerprint density at radius 2 is 2.00 bits per heavy atom. The van der Waals surface area contributed by atoms with Crippen molar-refractivity contribution in [1.29, 1.82) is 0 Å². The van der Waals surface area contributed by atoms with Crippen LogP contribution in [0.3, 0.4) is 0 Å². The number of hydrogen-bond acceptors (Lipinski definition) is 4. The maximum absolute atomic E-state index is 11.5. The summed E-state index contributed by atoms with van der Waals surface area (Å²) in [6.07, 6.45) is 1.45. The molecular weight excluding hydrogens is 246 g/mol. The van der Waals surface area contributed by atoms with Crippen LogP contribution < -0.4 is 11.3 Å². The summed E-state index contributed by atoms with van der Waals surface area (Å²) in [5.41, 5.74) is 5.10. The number of nitrogens with one attached hydrogen (secondary N) is 1. The predicted molar refractivity (Wildman–Crippen MR) is 64.8 cm³/mol. The second kappa shape index (κ2) is 4.59. The highest BCUT2D eigenvalue weighted by molar-refractivity contribution is 7.99. The number of H-pyrrole nitrogens is 1. The van der Waals surface area contributed by atoms with E-state index in [1.807, 2.05) is 12.1 Å². The van der Waals surface area contributed by atoms with Gasteiger partial charge in [-0.05, 0) is 24.3 Å². The minimum Gasteiger partial charge on any atom is -0.369 e. The normalized spacial score (nSPS) is 10.3. The molecule has 1 aromatic carbocycles. The van der Waals surface area contributed by atoms with Gasteiger partial charge in [-0.15, -0.1) is 0 Å². The summed E-state index contributed by atoms with van der Waals surface area (Å²) in [6, 6.07) is 7.21. The van der Waals surface area contributed by atoms with Crippen LogP contribution in [0.1, 0.15) is 0 Å². The monoisotopic (exact) mass is 253 g/mol. The maximum Gasteiger partial charge on any atom is 0.266 e. The van der Waals surface area contributed by atoms with Gasteiger partial charge in [-0.2, -0.15) is 0 Å². The second-order valence-electron chi connectivity index (χ2n) is 3.02. The van der Waals surface area contributed by atoms with Crippen molar-refractivity contribution >= 4 is 29.3 Å². The van der Waals surface area contributed by atoms with Gasteiger partial charge in [0.15, 0.2) is 5.95 Å². The van der Waals surface area contributed by atoms with Gasteiger partial charge in [0.1, 0.15) is 0 Å². The molecule has 0 radical (unpaired) electrons. The lowest BCUT2D eigenvalue weighted by Crippen LogP contribution is -2.11. The quantitative estimate of drug-likeness (QED) is 0.860. The molecule has 0 spiro atoms. The number of nitrogen functional groups attached to an aromatic ring is 1. The molecule has 0 bridgehead atoms. The summed E-state index contributed by atoms with van der Waals surface area (Å²) in [5.74, 6) is 0.116. The van der Waals surface area contributed by atoms with Crippen LogP contribution >= 0.6 is 23.4 Å². The SMILES string of the molecule is Nc1ncc(Sc2ccc(Cl)cc2)c(=O)[nH]1. The van der Waals surface area contributed by atoms with Crippen LogP contribution in [0.2, 0.25) is 5.02 Å². The molecule has 0 fully saturated rings. The van der Waals surface area contributed by atoms with Crippen LogP contribution in [0.5, 0.6) is 0 Å². The average Bonchev–Trinajstić information content (AvgIpc) is 2.25. The topological polar surface area (TPSA) is 71.8 Å². The molecule has 2 aromatic rings. The van der Waals surface area contributed by atoms with E-state index in [-0.39, 0.29) is 11.5 Å². The van der Waals surface area contributed by atoms with Gasteiger partial charge in [0.25, 0.3) is 5.56 Å². The second-order valence-corrected chi connectivity index (χ2v) is 4.57. The Kier molecular flexibility index (Phi) is 3.17. The number of nitrogens with two attached hydrogens (primary N) is 1. The lowest BCUT2D eigenvalue weighted by Gasteiger charge is -2.00. The van der Waals surface area contributed by atoms with Crippen LogP contribution in [0, 0.1) is 0 Å². The molecule has 82 valence electrons. The lowest BCUT2D eigenvalue weighted by atomic mass is 10.4. The van der Waals surface area contributed by atoms with Gasteiger partial charge in [0, 0.05) is 9.92 Å². The van der Waals surface area contributed by atoms with Crippen molar-refractivity contribution in [3.05, 3.63) is 45.8 Å².